The summed E-state index contributed by atoms with van der Waals surface area (Å²) in [6, 6.07) is -0.971. The lowest BCUT2D eigenvalue weighted by atomic mass is 10.1. The Morgan fingerprint density at radius 3 is 2.67 bits per heavy atom. The van der Waals surface area contributed by atoms with Gasteiger partial charge in [0.2, 0.25) is 0 Å². The molecular weight excluding hydrogens is 236 g/mol. The molecule has 1 saturated heterocycles. The van der Waals surface area contributed by atoms with Crippen molar-refractivity contribution in [2.24, 2.45) is 0 Å². The molecule has 1 N–H and O–H groups in total. The molecule has 1 rings (SSSR count). The van der Waals surface area contributed by atoms with Gasteiger partial charge in [0.15, 0.2) is 0 Å². The Kier molecular flexibility index (Phi) is 4.88. The second kappa shape index (κ2) is 6.18. The van der Waals surface area contributed by atoms with Crippen molar-refractivity contribution in [2.45, 2.75) is 32.7 Å². The van der Waals surface area contributed by atoms with Crippen molar-refractivity contribution in [3.63, 3.8) is 0 Å². The second-order valence-corrected chi connectivity index (χ2v) is 4.04. The minimum Gasteiger partial charge on any atom is -0.463 e. The predicted molar refractivity (Wildman–Crippen MR) is 64.7 cm³/mol. The van der Waals surface area contributed by atoms with E-state index in [1.54, 1.807) is 6.92 Å². The lowest BCUT2D eigenvalue weighted by Crippen LogP contribution is -2.34. The minimum atomic E-state index is -0.586. The van der Waals surface area contributed by atoms with Gasteiger partial charge in [-0.25, -0.2) is 9.59 Å². The van der Waals surface area contributed by atoms with Gasteiger partial charge in [0.05, 0.1) is 13.2 Å². The maximum Gasteiger partial charge on any atom is 0.335 e. The SMILES string of the molecule is C=C(CN1C(=O)NC(CCC)C1=O)C(=O)OCC. The Hall–Kier alpha value is -1.85. The third-order valence-corrected chi connectivity index (χ3v) is 2.60. The van der Waals surface area contributed by atoms with E-state index in [1.165, 1.54) is 0 Å². The smallest absolute Gasteiger partial charge is 0.335 e. The maximum absolute atomic E-state index is 11.9. The minimum absolute atomic E-state index is 0.0949. The average molecular weight is 254 g/mol. The fourth-order valence-corrected chi connectivity index (χ4v) is 1.70. The first-order valence-corrected chi connectivity index (χ1v) is 5.98. The molecule has 1 aliphatic heterocycles. The molecule has 3 amide bonds. The molecule has 0 aromatic carbocycles. The van der Waals surface area contributed by atoms with Gasteiger partial charge in [-0.1, -0.05) is 19.9 Å². The quantitative estimate of drug-likeness (QED) is 0.432. The van der Waals surface area contributed by atoms with Gasteiger partial charge in [-0.2, -0.15) is 0 Å². The molecule has 1 heterocycles. The van der Waals surface area contributed by atoms with Gasteiger partial charge >= 0.3 is 12.0 Å². The number of nitrogens with one attached hydrogen (secondary N) is 1. The van der Waals surface area contributed by atoms with Crippen LogP contribution in [0.3, 0.4) is 0 Å². The van der Waals surface area contributed by atoms with E-state index in [9.17, 15) is 14.4 Å². The number of carbonyl (C=O) groups is 3. The van der Waals surface area contributed by atoms with Crippen LogP contribution in [0.2, 0.25) is 0 Å². The van der Waals surface area contributed by atoms with Crippen LogP contribution in [0.15, 0.2) is 12.2 Å². The molecule has 1 unspecified atom stereocenters. The van der Waals surface area contributed by atoms with Gasteiger partial charge in [0.1, 0.15) is 6.04 Å². The van der Waals surface area contributed by atoms with Crippen molar-refractivity contribution in [2.75, 3.05) is 13.2 Å². The summed E-state index contributed by atoms with van der Waals surface area (Å²) in [4.78, 5) is 35.8. The van der Waals surface area contributed by atoms with Gasteiger partial charge in [0.25, 0.3) is 5.91 Å². The molecule has 6 heteroatoms. The summed E-state index contributed by atoms with van der Waals surface area (Å²) in [6.45, 7) is 7.25. The van der Waals surface area contributed by atoms with Crippen molar-refractivity contribution in [3.05, 3.63) is 12.2 Å². The summed E-state index contributed by atoms with van der Waals surface area (Å²) in [5, 5.41) is 2.58. The van der Waals surface area contributed by atoms with Crippen LogP contribution in [0.5, 0.6) is 0 Å². The molecule has 0 radical (unpaired) electrons. The van der Waals surface area contributed by atoms with E-state index in [4.69, 9.17) is 4.74 Å². The topological polar surface area (TPSA) is 75.7 Å². The number of amides is 3. The lowest BCUT2D eigenvalue weighted by Gasteiger charge is -2.13. The van der Waals surface area contributed by atoms with E-state index < -0.39 is 18.0 Å². The van der Waals surface area contributed by atoms with Crippen molar-refractivity contribution >= 4 is 17.9 Å². The second-order valence-electron chi connectivity index (χ2n) is 4.04. The van der Waals surface area contributed by atoms with Gasteiger partial charge in [-0.3, -0.25) is 9.69 Å². The molecule has 18 heavy (non-hydrogen) atoms. The zero-order chi connectivity index (χ0) is 13.7. The normalized spacial score (nSPS) is 18.8. The number of rotatable bonds is 6. The molecule has 1 fully saturated rings. The number of esters is 1. The van der Waals surface area contributed by atoms with Crippen molar-refractivity contribution in [1.29, 1.82) is 0 Å². The maximum atomic E-state index is 11.9. The van der Waals surface area contributed by atoms with Crippen LogP contribution in [0, 0.1) is 0 Å². The van der Waals surface area contributed by atoms with E-state index in [0.29, 0.717) is 6.42 Å². The number of hydrogen-bond donors (Lipinski definition) is 1. The molecule has 0 aromatic rings. The highest BCUT2D eigenvalue weighted by Crippen LogP contribution is 2.13. The fourth-order valence-electron chi connectivity index (χ4n) is 1.70. The standard InChI is InChI=1S/C12H18N2O4/c1-4-6-9-10(15)14(12(17)13-9)7-8(3)11(16)18-5-2/h9H,3-7H2,1-2H3,(H,13,17). The molecule has 6 nitrogen and oxygen atoms in total. The lowest BCUT2D eigenvalue weighted by molar-refractivity contribution is -0.138. The molecule has 0 bridgehead atoms. The van der Waals surface area contributed by atoms with Crippen LogP contribution in [0.4, 0.5) is 4.79 Å². The summed E-state index contributed by atoms with van der Waals surface area (Å²) in [5.41, 5.74) is 0.0949. The summed E-state index contributed by atoms with van der Waals surface area (Å²) in [6.07, 6.45) is 1.39. The number of hydrogen-bond acceptors (Lipinski definition) is 4. The summed E-state index contributed by atoms with van der Waals surface area (Å²) in [7, 11) is 0. The zero-order valence-corrected chi connectivity index (χ0v) is 10.7. The molecule has 0 spiro atoms. The van der Waals surface area contributed by atoms with Gasteiger partial charge in [0, 0.05) is 5.57 Å². The van der Waals surface area contributed by atoms with Gasteiger partial charge in [-0.15, -0.1) is 0 Å². The molecule has 0 saturated carbocycles. The van der Waals surface area contributed by atoms with Crippen LogP contribution < -0.4 is 5.32 Å². The molecular formula is C12H18N2O4. The fraction of sp³-hybridized carbons (Fsp3) is 0.583. The highest BCUT2D eigenvalue weighted by molar-refractivity contribution is 6.05. The number of urea groups is 1. The summed E-state index contributed by atoms with van der Waals surface area (Å²) < 4.78 is 4.75. The number of imide groups is 1. The number of ether oxygens (including phenoxy) is 1. The van der Waals surface area contributed by atoms with Crippen molar-refractivity contribution in [3.8, 4) is 0 Å². The van der Waals surface area contributed by atoms with Crippen LogP contribution in [0.1, 0.15) is 26.7 Å². The van der Waals surface area contributed by atoms with Crippen molar-refractivity contribution in [1.82, 2.24) is 10.2 Å². The highest BCUT2D eigenvalue weighted by Gasteiger charge is 2.37. The first-order chi connectivity index (χ1) is 8.51. The summed E-state index contributed by atoms with van der Waals surface area (Å²) >= 11 is 0. The van der Waals surface area contributed by atoms with Crippen LogP contribution in [-0.4, -0.2) is 42.0 Å². The molecule has 100 valence electrons. The first kappa shape index (κ1) is 14.2. The third kappa shape index (κ3) is 3.09. The molecule has 0 aliphatic carbocycles. The Balaban J connectivity index is 2.62. The zero-order valence-electron chi connectivity index (χ0n) is 10.7. The van der Waals surface area contributed by atoms with E-state index in [1.807, 2.05) is 6.92 Å². The Morgan fingerprint density at radius 2 is 2.11 bits per heavy atom. The average Bonchev–Trinajstić information content (AvgIpc) is 2.58. The van der Waals surface area contributed by atoms with Gasteiger partial charge < -0.3 is 10.1 Å². The Labute approximate surface area is 106 Å². The predicted octanol–water partition coefficient (Wildman–Crippen LogP) is 0.826. The number of nitrogens with zero attached hydrogens (tertiary/aromatic N) is 1. The first-order valence-electron chi connectivity index (χ1n) is 5.98. The number of carbonyl (C=O) groups excluding carboxylic acids is 3. The third-order valence-electron chi connectivity index (χ3n) is 2.60. The monoisotopic (exact) mass is 254 g/mol. The summed E-state index contributed by atoms with van der Waals surface area (Å²) in [5.74, 6) is -0.899. The van der Waals surface area contributed by atoms with Crippen molar-refractivity contribution < 1.29 is 19.1 Å². The Bertz CT molecular complexity index is 378. The van der Waals surface area contributed by atoms with Gasteiger partial charge in [-0.05, 0) is 13.3 Å². The van der Waals surface area contributed by atoms with E-state index in [2.05, 4.69) is 11.9 Å². The van der Waals surface area contributed by atoms with E-state index in [0.717, 1.165) is 11.3 Å². The van der Waals surface area contributed by atoms with Crippen LogP contribution >= 0.6 is 0 Å². The highest BCUT2D eigenvalue weighted by atomic mass is 16.5. The van der Waals surface area contributed by atoms with Crippen LogP contribution in [-0.2, 0) is 14.3 Å². The largest absolute Gasteiger partial charge is 0.463 e. The van der Waals surface area contributed by atoms with Crippen LogP contribution in [0.25, 0.3) is 0 Å². The molecule has 1 aliphatic rings. The van der Waals surface area contributed by atoms with E-state index >= 15 is 0 Å². The molecule has 1 atom stereocenters. The van der Waals surface area contributed by atoms with E-state index in [-0.39, 0.29) is 24.6 Å². The Morgan fingerprint density at radius 1 is 1.44 bits per heavy atom. The molecule has 0 aromatic heterocycles.